The Hall–Kier alpha value is -1.85. The highest BCUT2D eigenvalue weighted by atomic mass is 16.4. The second-order valence-electron chi connectivity index (χ2n) is 5.27. The van der Waals surface area contributed by atoms with Crippen molar-refractivity contribution in [3.05, 3.63) is 36.0 Å². The Morgan fingerprint density at radius 3 is 2.70 bits per heavy atom. The Labute approximate surface area is 118 Å². The molecule has 0 saturated heterocycles. The maximum absolute atomic E-state index is 11.0. The molecule has 5 heteroatoms. The molecule has 20 heavy (non-hydrogen) atoms. The molecule has 1 aromatic carbocycles. The lowest BCUT2D eigenvalue weighted by Gasteiger charge is -2.22. The summed E-state index contributed by atoms with van der Waals surface area (Å²) in [5.74, 6) is -0.788. The number of fused-ring (bicyclic) bond motifs is 1. The summed E-state index contributed by atoms with van der Waals surface area (Å²) >= 11 is 0. The van der Waals surface area contributed by atoms with Crippen molar-refractivity contribution in [2.45, 2.75) is 6.54 Å². The minimum atomic E-state index is -0.788. The van der Waals surface area contributed by atoms with Gasteiger partial charge in [-0.05, 0) is 25.7 Å². The van der Waals surface area contributed by atoms with Crippen molar-refractivity contribution in [1.82, 2.24) is 14.8 Å². The summed E-state index contributed by atoms with van der Waals surface area (Å²) in [6, 6.07) is 8.08. The third-order valence-corrected chi connectivity index (χ3v) is 3.29. The summed E-state index contributed by atoms with van der Waals surface area (Å²) in [6.45, 7) is 2.28. The third-order valence-electron chi connectivity index (χ3n) is 3.29. The fourth-order valence-corrected chi connectivity index (χ4v) is 2.25. The maximum Gasteiger partial charge on any atom is 0.317 e. The molecule has 5 nitrogen and oxygen atoms in total. The predicted octanol–water partition coefficient (Wildman–Crippen LogP) is 1.62. The summed E-state index contributed by atoms with van der Waals surface area (Å²) in [7, 11) is 3.98. The Morgan fingerprint density at radius 1 is 1.25 bits per heavy atom. The maximum atomic E-state index is 11.0. The minimum Gasteiger partial charge on any atom is -0.480 e. The number of hydrogen-bond acceptors (Lipinski definition) is 3. The zero-order valence-corrected chi connectivity index (χ0v) is 12.0. The fraction of sp³-hybridized carbons (Fsp3) is 0.400. The highest BCUT2D eigenvalue weighted by molar-refractivity contribution is 5.83. The van der Waals surface area contributed by atoms with Gasteiger partial charge in [0, 0.05) is 36.7 Å². The minimum absolute atomic E-state index is 0.0628. The summed E-state index contributed by atoms with van der Waals surface area (Å²) in [5.41, 5.74) is 2.23. The van der Waals surface area contributed by atoms with E-state index in [0.717, 1.165) is 29.6 Å². The van der Waals surface area contributed by atoms with Crippen LogP contribution in [0.15, 0.2) is 30.5 Å². The van der Waals surface area contributed by atoms with Crippen LogP contribution >= 0.6 is 0 Å². The van der Waals surface area contributed by atoms with Crippen LogP contribution in [-0.4, -0.2) is 59.6 Å². The van der Waals surface area contributed by atoms with Gasteiger partial charge in [0.15, 0.2) is 0 Å². The van der Waals surface area contributed by atoms with Gasteiger partial charge in [0.1, 0.15) is 0 Å². The first-order chi connectivity index (χ1) is 9.56. The van der Waals surface area contributed by atoms with E-state index in [-0.39, 0.29) is 6.54 Å². The van der Waals surface area contributed by atoms with Crippen LogP contribution in [0.4, 0.5) is 0 Å². The molecule has 2 rings (SSSR count). The standard InChI is InChI=1S/C15H21N3O2/c1-17(2)7-8-18(11-15(19)20)10-12-9-16-14-6-4-3-5-13(12)14/h3-6,9,16H,7-8,10-11H2,1-2H3,(H,19,20). The first-order valence-electron chi connectivity index (χ1n) is 6.70. The smallest absolute Gasteiger partial charge is 0.317 e. The van der Waals surface area contributed by atoms with Gasteiger partial charge in [-0.2, -0.15) is 0 Å². The van der Waals surface area contributed by atoms with Crippen molar-refractivity contribution in [2.24, 2.45) is 0 Å². The second-order valence-corrected chi connectivity index (χ2v) is 5.27. The summed E-state index contributed by atoms with van der Waals surface area (Å²) in [6.07, 6.45) is 1.97. The highest BCUT2D eigenvalue weighted by Crippen LogP contribution is 2.19. The quantitative estimate of drug-likeness (QED) is 0.806. The Bertz CT molecular complexity index is 577. The predicted molar refractivity (Wildman–Crippen MR) is 79.8 cm³/mol. The number of nitrogens with one attached hydrogen (secondary N) is 1. The van der Waals surface area contributed by atoms with Gasteiger partial charge in [0.25, 0.3) is 0 Å². The van der Waals surface area contributed by atoms with Crippen LogP contribution in [0.25, 0.3) is 10.9 Å². The van der Waals surface area contributed by atoms with Crippen LogP contribution in [0.3, 0.4) is 0 Å². The van der Waals surface area contributed by atoms with E-state index in [1.54, 1.807) is 0 Å². The number of carbonyl (C=O) groups is 1. The number of para-hydroxylation sites is 1. The average Bonchev–Trinajstić information content (AvgIpc) is 2.79. The molecular weight excluding hydrogens is 254 g/mol. The Morgan fingerprint density at radius 2 is 2.00 bits per heavy atom. The molecule has 0 amide bonds. The molecule has 0 aliphatic carbocycles. The van der Waals surface area contributed by atoms with Gasteiger partial charge in [-0.25, -0.2) is 0 Å². The average molecular weight is 275 g/mol. The van der Waals surface area contributed by atoms with Crippen molar-refractivity contribution < 1.29 is 9.90 Å². The molecule has 0 aliphatic heterocycles. The molecule has 2 N–H and O–H groups in total. The summed E-state index contributed by atoms with van der Waals surface area (Å²) in [5, 5.41) is 10.2. The molecule has 0 saturated carbocycles. The highest BCUT2D eigenvalue weighted by Gasteiger charge is 2.13. The molecule has 1 heterocycles. The Balaban J connectivity index is 2.11. The first-order valence-corrected chi connectivity index (χ1v) is 6.70. The monoisotopic (exact) mass is 275 g/mol. The topological polar surface area (TPSA) is 59.6 Å². The molecule has 0 atom stereocenters. The van der Waals surface area contributed by atoms with Crippen LogP contribution < -0.4 is 0 Å². The number of rotatable bonds is 7. The number of H-pyrrole nitrogens is 1. The van der Waals surface area contributed by atoms with Gasteiger partial charge >= 0.3 is 5.97 Å². The number of hydrogen-bond donors (Lipinski definition) is 2. The first kappa shape index (κ1) is 14.6. The van der Waals surface area contributed by atoms with Crippen LogP contribution in [0.5, 0.6) is 0 Å². The lowest BCUT2D eigenvalue weighted by atomic mass is 10.1. The summed E-state index contributed by atoms with van der Waals surface area (Å²) in [4.78, 5) is 18.2. The van der Waals surface area contributed by atoms with Gasteiger partial charge in [0.05, 0.1) is 6.54 Å². The van der Waals surface area contributed by atoms with E-state index in [9.17, 15) is 4.79 Å². The molecule has 2 aromatic rings. The SMILES string of the molecule is CN(C)CCN(CC(=O)O)Cc1c[nH]c2ccccc12. The van der Waals surface area contributed by atoms with Gasteiger partial charge < -0.3 is 15.0 Å². The van der Waals surface area contributed by atoms with Gasteiger partial charge in [0.2, 0.25) is 0 Å². The van der Waals surface area contributed by atoms with Crippen molar-refractivity contribution in [3.8, 4) is 0 Å². The largest absolute Gasteiger partial charge is 0.480 e. The van der Waals surface area contributed by atoms with Crippen LogP contribution in [0.1, 0.15) is 5.56 Å². The van der Waals surface area contributed by atoms with E-state index >= 15 is 0 Å². The van der Waals surface area contributed by atoms with E-state index in [0.29, 0.717) is 6.54 Å². The van der Waals surface area contributed by atoms with Gasteiger partial charge in [-0.15, -0.1) is 0 Å². The van der Waals surface area contributed by atoms with Crippen LogP contribution in [-0.2, 0) is 11.3 Å². The van der Waals surface area contributed by atoms with Gasteiger partial charge in [-0.1, -0.05) is 18.2 Å². The number of aromatic amines is 1. The molecule has 108 valence electrons. The Kier molecular flexibility index (Phi) is 4.76. The van der Waals surface area contributed by atoms with Crippen molar-refractivity contribution >= 4 is 16.9 Å². The van der Waals surface area contributed by atoms with Crippen LogP contribution in [0.2, 0.25) is 0 Å². The van der Waals surface area contributed by atoms with Crippen molar-refractivity contribution in [2.75, 3.05) is 33.7 Å². The lowest BCUT2D eigenvalue weighted by molar-refractivity contribution is -0.138. The number of benzene rings is 1. The number of aromatic nitrogens is 1. The molecular formula is C15H21N3O2. The zero-order chi connectivity index (χ0) is 14.5. The zero-order valence-electron chi connectivity index (χ0n) is 12.0. The molecule has 1 aromatic heterocycles. The van der Waals surface area contributed by atoms with E-state index in [2.05, 4.69) is 16.0 Å². The van der Waals surface area contributed by atoms with E-state index in [1.165, 1.54) is 0 Å². The van der Waals surface area contributed by atoms with E-state index < -0.39 is 5.97 Å². The number of likely N-dealkylation sites (N-methyl/N-ethyl adjacent to an activating group) is 1. The molecule has 0 unspecified atom stereocenters. The second kappa shape index (κ2) is 6.54. The molecule has 0 spiro atoms. The van der Waals surface area contributed by atoms with Crippen LogP contribution in [0, 0.1) is 0 Å². The van der Waals surface area contributed by atoms with E-state index in [4.69, 9.17) is 5.11 Å². The van der Waals surface area contributed by atoms with Gasteiger partial charge in [-0.3, -0.25) is 9.69 Å². The molecule has 0 radical (unpaired) electrons. The number of carboxylic acids is 1. The molecule has 0 aliphatic rings. The molecule has 0 bridgehead atoms. The third kappa shape index (κ3) is 3.82. The number of aliphatic carboxylic acids is 1. The fourth-order valence-electron chi connectivity index (χ4n) is 2.25. The van der Waals surface area contributed by atoms with Crippen molar-refractivity contribution in [3.63, 3.8) is 0 Å². The van der Waals surface area contributed by atoms with E-state index in [1.807, 2.05) is 43.4 Å². The molecule has 0 fully saturated rings. The number of nitrogens with zero attached hydrogens (tertiary/aromatic N) is 2. The summed E-state index contributed by atoms with van der Waals surface area (Å²) < 4.78 is 0. The normalized spacial score (nSPS) is 11.6. The van der Waals surface area contributed by atoms with Crippen molar-refractivity contribution in [1.29, 1.82) is 0 Å². The lowest BCUT2D eigenvalue weighted by Crippen LogP contribution is -2.35. The number of carboxylic acid groups (broad SMARTS) is 1.